The van der Waals surface area contributed by atoms with Crippen LogP contribution >= 0.6 is 11.8 Å². The van der Waals surface area contributed by atoms with Gasteiger partial charge in [0.25, 0.3) is 0 Å². The SMILES string of the molecule is CC(C)(C)C1CSCS(=O)C1. The second-order valence-electron chi connectivity index (χ2n) is 4.16. The van der Waals surface area contributed by atoms with Crippen LogP contribution in [0.15, 0.2) is 0 Å². The zero-order valence-electron chi connectivity index (χ0n) is 7.42. The Morgan fingerprint density at radius 2 is 2.09 bits per heavy atom. The molecule has 0 aromatic rings. The first-order valence-electron chi connectivity index (χ1n) is 3.93. The van der Waals surface area contributed by atoms with Gasteiger partial charge in [-0.1, -0.05) is 20.8 Å². The highest BCUT2D eigenvalue weighted by atomic mass is 32.2. The average molecular weight is 192 g/mol. The minimum atomic E-state index is -0.554. The lowest BCUT2D eigenvalue weighted by atomic mass is 9.83. The van der Waals surface area contributed by atoms with E-state index in [1.54, 1.807) is 0 Å². The smallest absolute Gasteiger partial charge is 0.0692 e. The van der Waals surface area contributed by atoms with Crippen molar-refractivity contribution in [2.75, 3.05) is 16.6 Å². The van der Waals surface area contributed by atoms with Gasteiger partial charge in [0.15, 0.2) is 0 Å². The van der Waals surface area contributed by atoms with Crippen LogP contribution in [0.4, 0.5) is 0 Å². The summed E-state index contributed by atoms with van der Waals surface area (Å²) in [5.74, 6) is 2.74. The number of hydrogen-bond donors (Lipinski definition) is 0. The van der Waals surface area contributed by atoms with E-state index in [4.69, 9.17) is 0 Å². The Morgan fingerprint density at radius 3 is 2.45 bits per heavy atom. The van der Waals surface area contributed by atoms with E-state index in [-0.39, 0.29) is 0 Å². The first-order chi connectivity index (χ1) is 5.00. The van der Waals surface area contributed by atoms with E-state index in [1.807, 2.05) is 11.8 Å². The summed E-state index contributed by atoms with van der Waals surface area (Å²) in [5, 5.41) is 0.854. The first kappa shape index (κ1) is 9.59. The zero-order valence-corrected chi connectivity index (χ0v) is 9.06. The van der Waals surface area contributed by atoms with Gasteiger partial charge in [-0.3, -0.25) is 4.21 Å². The van der Waals surface area contributed by atoms with Crippen molar-refractivity contribution in [3.63, 3.8) is 0 Å². The molecule has 2 atom stereocenters. The molecular weight excluding hydrogens is 176 g/mol. The second-order valence-corrected chi connectivity index (χ2v) is 7.06. The molecule has 0 aromatic heterocycles. The van der Waals surface area contributed by atoms with E-state index in [1.165, 1.54) is 5.75 Å². The molecule has 1 heterocycles. The van der Waals surface area contributed by atoms with Gasteiger partial charge in [0.05, 0.1) is 5.08 Å². The Kier molecular flexibility index (Phi) is 3.03. The summed E-state index contributed by atoms with van der Waals surface area (Å²) in [6.07, 6.45) is 0. The van der Waals surface area contributed by atoms with Gasteiger partial charge >= 0.3 is 0 Å². The van der Waals surface area contributed by atoms with Crippen molar-refractivity contribution >= 4 is 22.6 Å². The van der Waals surface area contributed by atoms with Crippen molar-refractivity contribution in [3.8, 4) is 0 Å². The molecule has 0 aromatic carbocycles. The molecule has 0 N–H and O–H groups in total. The fourth-order valence-electron chi connectivity index (χ4n) is 1.10. The molecule has 1 aliphatic rings. The molecule has 0 aliphatic carbocycles. The Balaban J connectivity index is 2.53. The maximum Gasteiger partial charge on any atom is 0.0692 e. The molecule has 1 aliphatic heterocycles. The third-order valence-electron chi connectivity index (χ3n) is 2.15. The van der Waals surface area contributed by atoms with E-state index in [0.29, 0.717) is 11.3 Å². The molecule has 66 valence electrons. The molecule has 0 spiro atoms. The molecule has 11 heavy (non-hydrogen) atoms. The second kappa shape index (κ2) is 3.48. The van der Waals surface area contributed by atoms with Gasteiger partial charge in [-0.25, -0.2) is 0 Å². The Hall–Kier alpha value is 0.500. The highest BCUT2D eigenvalue weighted by Crippen LogP contribution is 2.33. The number of thioether (sulfide) groups is 1. The summed E-state index contributed by atoms with van der Waals surface area (Å²) in [4.78, 5) is 0. The quantitative estimate of drug-likeness (QED) is 0.585. The summed E-state index contributed by atoms with van der Waals surface area (Å²) in [6, 6.07) is 0. The molecule has 2 unspecified atom stereocenters. The summed E-state index contributed by atoms with van der Waals surface area (Å²) in [7, 11) is -0.554. The maximum absolute atomic E-state index is 11.2. The molecule has 1 saturated heterocycles. The van der Waals surface area contributed by atoms with Crippen molar-refractivity contribution in [2.45, 2.75) is 20.8 Å². The Morgan fingerprint density at radius 1 is 1.45 bits per heavy atom. The van der Waals surface area contributed by atoms with E-state index in [9.17, 15) is 4.21 Å². The minimum absolute atomic E-state index is 0.336. The Bertz CT molecular complexity index is 160. The van der Waals surface area contributed by atoms with Crippen LogP contribution < -0.4 is 0 Å². The van der Waals surface area contributed by atoms with Gasteiger partial charge in [0.1, 0.15) is 0 Å². The monoisotopic (exact) mass is 192 g/mol. The molecule has 0 bridgehead atoms. The predicted octanol–water partition coefficient (Wildman–Crippen LogP) is 2.10. The van der Waals surface area contributed by atoms with Gasteiger partial charge in [-0.15, -0.1) is 11.8 Å². The molecule has 0 saturated carbocycles. The zero-order chi connectivity index (χ0) is 8.48. The molecular formula is C8H16OS2. The standard InChI is InChI=1S/C8H16OS2/c1-8(2,3)7-4-10-6-11(9)5-7/h7H,4-6H2,1-3H3. The van der Waals surface area contributed by atoms with Crippen molar-refractivity contribution in [1.29, 1.82) is 0 Å². The van der Waals surface area contributed by atoms with E-state index >= 15 is 0 Å². The summed E-state index contributed by atoms with van der Waals surface area (Å²) in [5.41, 5.74) is 0.336. The van der Waals surface area contributed by atoms with Crippen LogP contribution in [0.2, 0.25) is 0 Å². The lowest BCUT2D eigenvalue weighted by Crippen LogP contribution is -2.31. The van der Waals surface area contributed by atoms with Gasteiger partial charge in [-0.2, -0.15) is 0 Å². The van der Waals surface area contributed by atoms with E-state index in [2.05, 4.69) is 20.8 Å². The van der Waals surface area contributed by atoms with E-state index in [0.717, 1.165) is 10.8 Å². The largest absolute Gasteiger partial charge is 0.259 e. The fourth-order valence-corrected chi connectivity index (χ4v) is 4.74. The summed E-state index contributed by atoms with van der Waals surface area (Å²) >= 11 is 1.84. The van der Waals surface area contributed by atoms with Crippen molar-refractivity contribution in [2.24, 2.45) is 11.3 Å². The lowest BCUT2D eigenvalue weighted by molar-refractivity contribution is 0.291. The third-order valence-corrected chi connectivity index (χ3v) is 5.28. The average Bonchev–Trinajstić information content (AvgIpc) is 1.86. The highest BCUT2D eigenvalue weighted by Gasteiger charge is 2.29. The Labute approximate surface area is 75.8 Å². The number of rotatable bonds is 0. The van der Waals surface area contributed by atoms with Crippen LogP contribution in [-0.2, 0) is 10.8 Å². The van der Waals surface area contributed by atoms with E-state index < -0.39 is 10.8 Å². The predicted molar refractivity (Wildman–Crippen MR) is 53.3 cm³/mol. The van der Waals surface area contributed by atoms with Gasteiger partial charge in [0, 0.05) is 16.6 Å². The third kappa shape index (κ3) is 2.79. The highest BCUT2D eigenvalue weighted by molar-refractivity contribution is 8.10. The molecule has 1 rings (SSSR count). The molecule has 3 heteroatoms. The number of hydrogen-bond acceptors (Lipinski definition) is 2. The summed E-state index contributed by atoms with van der Waals surface area (Å²) in [6.45, 7) is 6.71. The van der Waals surface area contributed by atoms with Gasteiger partial charge in [-0.05, 0) is 17.1 Å². The van der Waals surface area contributed by atoms with Gasteiger partial charge in [0.2, 0.25) is 0 Å². The van der Waals surface area contributed by atoms with Crippen LogP contribution in [0.3, 0.4) is 0 Å². The van der Waals surface area contributed by atoms with Crippen molar-refractivity contribution in [3.05, 3.63) is 0 Å². The molecule has 0 amide bonds. The van der Waals surface area contributed by atoms with Crippen molar-refractivity contribution in [1.82, 2.24) is 0 Å². The normalized spacial score (nSPS) is 33.7. The lowest BCUT2D eigenvalue weighted by Gasteiger charge is -2.32. The minimum Gasteiger partial charge on any atom is -0.259 e. The first-order valence-corrected chi connectivity index (χ1v) is 6.57. The fraction of sp³-hybridized carbons (Fsp3) is 1.00. The maximum atomic E-state index is 11.2. The van der Waals surface area contributed by atoms with Crippen LogP contribution in [0.1, 0.15) is 20.8 Å². The topological polar surface area (TPSA) is 17.1 Å². The van der Waals surface area contributed by atoms with Gasteiger partial charge < -0.3 is 0 Å². The summed E-state index contributed by atoms with van der Waals surface area (Å²) < 4.78 is 11.2. The van der Waals surface area contributed by atoms with Crippen molar-refractivity contribution < 1.29 is 4.21 Å². The molecule has 0 radical (unpaired) electrons. The van der Waals surface area contributed by atoms with Crippen LogP contribution in [0, 0.1) is 11.3 Å². The van der Waals surface area contributed by atoms with Crippen LogP contribution in [0.5, 0.6) is 0 Å². The van der Waals surface area contributed by atoms with Crippen LogP contribution in [-0.4, -0.2) is 20.8 Å². The molecule has 1 fully saturated rings. The van der Waals surface area contributed by atoms with Crippen LogP contribution in [0.25, 0.3) is 0 Å². The molecule has 1 nitrogen and oxygen atoms in total.